The Morgan fingerprint density at radius 1 is 1.04 bits per heavy atom. The highest BCUT2D eigenvalue weighted by Crippen LogP contribution is 2.18. The Morgan fingerprint density at radius 2 is 1.79 bits per heavy atom. The van der Waals surface area contributed by atoms with Gasteiger partial charge in [0.25, 0.3) is 5.91 Å². The first-order valence-corrected chi connectivity index (χ1v) is 8.11. The molecule has 1 aromatic carbocycles. The van der Waals surface area contributed by atoms with Crippen LogP contribution in [0.15, 0.2) is 42.6 Å². The normalized spacial score (nSPS) is 10.5. The van der Waals surface area contributed by atoms with Crippen molar-refractivity contribution in [2.75, 3.05) is 0 Å². The summed E-state index contributed by atoms with van der Waals surface area (Å²) in [4.78, 5) is 39.2. The maximum atomic E-state index is 12.0. The number of carbonyl (C=O) groups excluding carboxylic acids is 3. The number of carbonyl (C=O) groups is 3. The molecule has 3 rings (SSSR count). The van der Waals surface area contributed by atoms with Crippen molar-refractivity contribution in [3.8, 4) is 0 Å². The maximum Gasteiger partial charge on any atom is 0.279 e. The van der Waals surface area contributed by atoms with Crippen molar-refractivity contribution in [2.45, 2.75) is 13.3 Å². The molecule has 0 aliphatic rings. The van der Waals surface area contributed by atoms with Crippen LogP contribution >= 0.6 is 11.3 Å². The van der Waals surface area contributed by atoms with Gasteiger partial charge in [0.1, 0.15) is 0 Å². The number of ketones is 1. The van der Waals surface area contributed by atoms with E-state index >= 15 is 0 Å². The molecular formula is C17H15N3O3S. The number of Topliss-reactive ketones (excluding diaryl/α,β-unsaturated/α-hetero) is 1. The van der Waals surface area contributed by atoms with Crippen LogP contribution in [0, 0.1) is 0 Å². The molecule has 24 heavy (non-hydrogen) atoms. The second-order valence-electron chi connectivity index (χ2n) is 5.26. The van der Waals surface area contributed by atoms with E-state index in [4.69, 9.17) is 0 Å². The summed E-state index contributed by atoms with van der Waals surface area (Å²) in [7, 11) is 0. The number of thiophene rings is 1. The van der Waals surface area contributed by atoms with Gasteiger partial charge in [-0.25, -0.2) is 0 Å². The van der Waals surface area contributed by atoms with Crippen LogP contribution in [0.5, 0.6) is 0 Å². The second kappa shape index (κ2) is 6.67. The minimum absolute atomic E-state index is 0.0950. The Morgan fingerprint density at radius 3 is 2.54 bits per heavy atom. The minimum Gasteiger partial charge on any atom is -0.361 e. The Kier molecular flexibility index (Phi) is 4.43. The van der Waals surface area contributed by atoms with Gasteiger partial charge in [-0.1, -0.05) is 18.2 Å². The summed E-state index contributed by atoms with van der Waals surface area (Å²) in [6.45, 7) is 1.44. The molecule has 0 bridgehead atoms. The number of benzene rings is 1. The molecule has 122 valence electrons. The molecule has 0 aliphatic carbocycles. The van der Waals surface area contributed by atoms with E-state index in [1.165, 1.54) is 6.92 Å². The predicted octanol–water partition coefficient (Wildman–Crippen LogP) is 2.44. The molecular weight excluding hydrogens is 326 g/mol. The summed E-state index contributed by atoms with van der Waals surface area (Å²) < 4.78 is 0. The lowest BCUT2D eigenvalue weighted by atomic mass is 10.1. The van der Waals surface area contributed by atoms with Gasteiger partial charge in [0, 0.05) is 17.1 Å². The van der Waals surface area contributed by atoms with Crippen molar-refractivity contribution in [1.82, 2.24) is 15.8 Å². The zero-order chi connectivity index (χ0) is 17.1. The lowest BCUT2D eigenvalue weighted by Crippen LogP contribution is -2.42. The number of H-pyrrole nitrogens is 1. The first-order chi connectivity index (χ1) is 11.5. The average Bonchev–Trinajstić information content (AvgIpc) is 3.20. The van der Waals surface area contributed by atoms with Crippen molar-refractivity contribution < 1.29 is 14.4 Å². The van der Waals surface area contributed by atoms with Crippen molar-refractivity contribution in [3.05, 3.63) is 57.9 Å². The van der Waals surface area contributed by atoms with Crippen molar-refractivity contribution in [1.29, 1.82) is 0 Å². The number of nitrogens with one attached hydrogen (secondary N) is 3. The zero-order valence-electron chi connectivity index (χ0n) is 12.9. The molecule has 0 unspecified atom stereocenters. The molecule has 3 aromatic rings. The van der Waals surface area contributed by atoms with Crippen LogP contribution in [0.25, 0.3) is 10.9 Å². The third kappa shape index (κ3) is 3.36. The van der Waals surface area contributed by atoms with Gasteiger partial charge in [0.2, 0.25) is 5.91 Å². The Bertz CT molecular complexity index is 926. The van der Waals surface area contributed by atoms with Gasteiger partial charge in [0.05, 0.1) is 16.2 Å². The van der Waals surface area contributed by atoms with E-state index in [-0.39, 0.29) is 18.1 Å². The van der Waals surface area contributed by atoms with E-state index in [0.29, 0.717) is 9.75 Å². The van der Waals surface area contributed by atoms with Gasteiger partial charge >= 0.3 is 0 Å². The van der Waals surface area contributed by atoms with Gasteiger partial charge in [0.15, 0.2) is 5.78 Å². The van der Waals surface area contributed by atoms with Crippen LogP contribution in [0.4, 0.5) is 0 Å². The third-order valence-electron chi connectivity index (χ3n) is 3.52. The monoisotopic (exact) mass is 341 g/mol. The van der Waals surface area contributed by atoms with Crippen molar-refractivity contribution >= 4 is 39.8 Å². The summed E-state index contributed by atoms with van der Waals surface area (Å²) >= 11 is 1.09. The minimum atomic E-state index is -0.445. The van der Waals surface area contributed by atoms with E-state index in [1.54, 1.807) is 18.3 Å². The number of aromatic amines is 1. The quantitative estimate of drug-likeness (QED) is 0.503. The molecule has 0 saturated heterocycles. The van der Waals surface area contributed by atoms with E-state index in [9.17, 15) is 14.4 Å². The number of amides is 2. The highest BCUT2D eigenvalue weighted by Gasteiger charge is 2.13. The number of hydrogen-bond donors (Lipinski definition) is 3. The van der Waals surface area contributed by atoms with Gasteiger partial charge in [-0.2, -0.15) is 0 Å². The Hall–Kier alpha value is -2.93. The average molecular weight is 341 g/mol. The second-order valence-corrected chi connectivity index (χ2v) is 6.34. The Labute approximate surface area is 141 Å². The van der Waals surface area contributed by atoms with Crippen LogP contribution in [0.2, 0.25) is 0 Å². The molecule has 7 heteroatoms. The topological polar surface area (TPSA) is 91.1 Å². The molecule has 2 amide bonds. The molecule has 6 nitrogen and oxygen atoms in total. The fourth-order valence-corrected chi connectivity index (χ4v) is 3.13. The number of hydrogen-bond acceptors (Lipinski definition) is 4. The number of aromatic nitrogens is 1. The van der Waals surface area contributed by atoms with Crippen LogP contribution in [0.1, 0.15) is 31.8 Å². The SMILES string of the molecule is CC(=O)c1ccc(C(=O)NNC(=O)Cc2c[nH]c3ccccc23)s1. The van der Waals surface area contributed by atoms with E-state index in [1.807, 2.05) is 24.3 Å². The van der Waals surface area contributed by atoms with Crippen LogP contribution in [-0.4, -0.2) is 22.6 Å². The molecule has 0 aliphatic heterocycles. The number of fused-ring (bicyclic) bond motifs is 1. The van der Waals surface area contributed by atoms with Gasteiger partial charge in [-0.3, -0.25) is 25.2 Å². The summed E-state index contributed by atoms with van der Waals surface area (Å²) in [5.41, 5.74) is 6.57. The predicted molar refractivity (Wildman–Crippen MR) is 91.9 cm³/mol. The van der Waals surface area contributed by atoms with Crippen LogP contribution in [0.3, 0.4) is 0 Å². The molecule has 0 atom stereocenters. The molecule has 2 aromatic heterocycles. The van der Waals surface area contributed by atoms with E-state index in [0.717, 1.165) is 27.8 Å². The number of para-hydroxylation sites is 1. The van der Waals surface area contributed by atoms with Gasteiger partial charge in [-0.15, -0.1) is 11.3 Å². The first-order valence-electron chi connectivity index (χ1n) is 7.29. The summed E-state index contributed by atoms with van der Waals surface area (Å²) in [6.07, 6.45) is 1.93. The molecule has 0 spiro atoms. The van der Waals surface area contributed by atoms with Crippen LogP contribution in [-0.2, 0) is 11.2 Å². The highest BCUT2D eigenvalue weighted by molar-refractivity contribution is 7.15. The lowest BCUT2D eigenvalue weighted by molar-refractivity contribution is -0.121. The molecule has 0 saturated carbocycles. The third-order valence-corrected chi connectivity index (χ3v) is 4.70. The molecule has 0 fully saturated rings. The van der Waals surface area contributed by atoms with Crippen LogP contribution < -0.4 is 10.9 Å². The zero-order valence-corrected chi connectivity index (χ0v) is 13.7. The number of rotatable bonds is 4. The molecule has 3 N–H and O–H groups in total. The molecule has 2 heterocycles. The smallest absolute Gasteiger partial charge is 0.279 e. The lowest BCUT2D eigenvalue weighted by Gasteiger charge is -2.05. The maximum absolute atomic E-state index is 12.0. The van der Waals surface area contributed by atoms with Gasteiger partial charge in [-0.05, 0) is 30.7 Å². The van der Waals surface area contributed by atoms with Gasteiger partial charge < -0.3 is 4.98 Å². The summed E-state index contributed by atoms with van der Waals surface area (Å²) in [5.74, 6) is -0.862. The standard InChI is InChI=1S/C17H15N3O3S/c1-10(21)14-6-7-15(24-14)17(23)20-19-16(22)8-11-9-18-13-5-3-2-4-12(11)13/h2-7,9,18H,8H2,1H3,(H,19,22)(H,20,23). The first kappa shape index (κ1) is 15.9. The fraction of sp³-hybridized carbons (Fsp3) is 0.118. The fourth-order valence-electron chi connectivity index (χ4n) is 2.33. The summed E-state index contributed by atoms with van der Waals surface area (Å²) in [6, 6.07) is 10.8. The largest absolute Gasteiger partial charge is 0.361 e. The number of hydrazine groups is 1. The molecule has 0 radical (unpaired) electrons. The van der Waals surface area contributed by atoms with Crippen molar-refractivity contribution in [2.24, 2.45) is 0 Å². The summed E-state index contributed by atoms with van der Waals surface area (Å²) in [5, 5.41) is 0.975. The Balaban J connectivity index is 1.59. The van der Waals surface area contributed by atoms with E-state index < -0.39 is 5.91 Å². The van der Waals surface area contributed by atoms with E-state index in [2.05, 4.69) is 15.8 Å². The highest BCUT2D eigenvalue weighted by atomic mass is 32.1. The van der Waals surface area contributed by atoms with Crippen molar-refractivity contribution in [3.63, 3.8) is 0 Å².